The Hall–Kier alpha value is -1.41. The molecule has 0 radical (unpaired) electrons. The summed E-state index contributed by atoms with van der Waals surface area (Å²) in [5.74, 6) is 1.17. The number of hydrogen-bond acceptors (Lipinski definition) is 6. The summed E-state index contributed by atoms with van der Waals surface area (Å²) in [6, 6.07) is 3.49. The summed E-state index contributed by atoms with van der Waals surface area (Å²) in [4.78, 5) is 4.56. The van der Waals surface area contributed by atoms with Crippen molar-refractivity contribution in [3.8, 4) is 0 Å². The monoisotopic (exact) mass is 313 g/mol. The molecule has 8 heteroatoms. The van der Waals surface area contributed by atoms with E-state index in [-0.39, 0.29) is 11.6 Å². The van der Waals surface area contributed by atoms with E-state index in [2.05, 4.69) is 31.6 Å². The number of nitrogens with one attached hydrogen (secondary N) is 1. The van der Waals surface area contributed by atoms with Gasteiger partial charge in [0, 0.05) is 26.2 Å². The van der Waals surface area contributed by atoms with Crippen LogP contribution in [0, 0.1) is 0 Å². The van der Waals surface area contributed by atoms with Crippen LogP contribution in [-0.2, 0) is 10.0 Å². The first-order valence-corrected chi connectivity index (χ1v) is 9.01. The van der Waals surface area contributed by atoms with Gasteiger partial charge in [-0.15, -0.1) is 10.2 Å². The SMILES string of the molecule is CCCS(=O)(=O)Nc1ccc(N2CCN(CC)CC2)nn1. The van der Waals surface area contributed by atoms with Gasteiger partial charge in [0.2, 0.25) is 10.0 Å². The molecule has 0 spiro atoms. The van der Waals surface area contributed by atoms with E-state index in [1.54, 1.807) is 6.07 Å². The lowest BCUT2D eigenvalue weighted by atomic mass is 10.3. The van der Waals surface area contributed by atoms with Gasteiger partial charge in [-0.2, -0.15) is 0 Å². The fourth-order valence-corrected chi connectivity index (χ4v) is 3.39. The topological polar surface area (TPSA) is 78.4 Å². The lowest BCUT2D eigenvalue weighted by Crippen LogP contribution is -2.46. The van der Waals surface area contributed by atoms with Crippen molar-refractivity contribution in [2.45, 2.75) is 20.3 Å². The number of piperazine rings is 1. The molecule has 0 unspecified atom stereocenters. The Bertz CT molecular complexity index is 538. The van der Waals surface area contributed by atoms with Crippen LogP contribution in [0.2, 0.25) is 0 Å². The number of sulfonamides is 1. The fourth-order valence-electron chi connectivity index (χ4n) is 2.32. The van der Waals surface area contributed by atoms with Crippen molar-refractivity contribution in [2.75, 3.05) is 48.1 Å². The van der Waals surface area contributed by atoms with E-state index < -0.39 is 10.0 Å². The minimum Gasteiger partial charge on any atom is -0.353 e. The van der Waals surface area contributed by atoms with Crippen LogP contribution in [0.25, 0.3) is 0 Å². The molecule has 0 bridgehead atoms. The van der Waals surface area contributed by atoms with Crippen molar-refractivity contribution in [1.82, 2.24) is 15.1 Å². The van der Waals surface area contributed by atoms with E-state index in [1.807, 2.05) is 13.0 Å². The van der Waals surface area contributed by atoms with E-state index >= 15 is 0 Å². The quantitative estimate of drug-likeness (QED) is 0.836. The molecule has 1 aliphatic rings. The first kappa shape index (κ1) is 16.0. The maximum absolute atomic E-state index is 11.7. The van der Waals surface area contributed by atoms with Crippen molar-refractivity contribution in [3.05, 3.63) is 12.1 Å². The Morgan fingerprint density at radius 3 is 2.38 bits per heavy atom. The first-order valence-electron chi connectivity index (χ1n) is 7.35. The van der Waals surface area contributed by atoms with Gasteiger partial charge in [0.05, 0.1) is 5.75 Å². The van der Waals surface area contributed by atoms with Crippen LogP contribution in [0.3, 0.4) is 0 Å². The Kier molecular flexibility index (Phi) is 5.35. The van der Waals surface area contributed by atoms with E-state index in [4.69, 9.17) is 0 Å². The first-order chi connectivity index (χ1) is 10.0. The fraction of sp³-hybridized carbons (Fsp3) is 0.692. The maximum Gasteiger partial charge on any atom is 0.233 e. The zero-order valence-electron chi connectivity index (χ0n) is 12.6. The number of likely N-dealkylation sites (N-methyl/N-ethyl adjacent to an activating group) is 1. The average Bonchev–Trinajstić information content (AvgIpc) is 2.48. The summed E-state index contributed by atoms with van der Waals surface area (Å²) in [6.45, 7) is 8.92. The normalized spacial score (nSPS) is 17.0. The van der Waals surface area contributed by atoms with E-state index in [0.29, 0.717) is 6.42 Å². The molecule has 1 aliphatic heterocycles. The third-order valence-corrected chi connectivity index (χ3v) is 4.99. The highest BCUT2D eigenvalue weighted by molar-refractivity contribution is 7.92. The second-order valence-corrected chi connectivity index (χ2v) is 6.96. The Balaban J connectivity index is 1.96. The van der Waals surface area contributed by atoms with Crippen molar-refractivity contribution in [1.29, 1.82) is 0 Å². The van der Waals surface area contributed by atoms with Crippen LogP contribution >= 0.6 is 0 Å². The van der Waals surface area contributed by atoms with Gasteiger partial charge < -0.3 is 9.80 Å². The summed E-state index contributed by atoms with van der Waals surface area (Å²) in [5.41, 5.74) is 0. The van der Waals surface area contributed by atoms with Gasteiger partial charge in [0.1, 0.15) is 0 Å². The number of hydrogen-bond donors (Lipinski definition) is 1. The highest BCUT2D eigenvalue weighted by Crippen LogP contribution is 2.14. The predicted molar refractivity (Wildman–Crippen MR) is 84.1 cm³/mol. The molecule has 7 nitrogen and oxygen atoms in total. The van der Waals surface area contributed by atoms with Crippen molar-refractivity contribution < 1.29 is 8.42 Å². The molecule has 21 heavy (non-hydrogen) atoms. The minimum atomic E-state index is -3.31. The average molecular weight is 313 g/mol. The molecule has 2 rings (SSSR count). The van der Waals surface area contributed by atoms with E-state index in [1.165, 1.54) is 0 Å². The van der Waals surface area contributed by atoms with Gasteiger partial charge in [-0.3, -0.25) is 4.72 Å². The minimum absolute atomic E-state index is 0.0927. The molecule has 0 aliphatic carbocycles. The molecule has 118 valence electrons. The summed E-state index contributed by atoms with van der Waals surface area (Å²) in [7, 11) is -3.31. The van der Waals surface area contributed by atoms with E-state index in [9.17, 15) is 8.42 Å². The molecule has 1 aromatic heterocycles. The molecule has 1 aromatic rings. The van der Waals surface area contributed by atoms with Gasteiger partial charge in [0.25, 0.3) is 0 Å². The zero-order chi connectivity index (χ0) is 15.3. The third-order valence-electron chi connectivity index (χ3n) is 3.53. The largest absolute Gasteiger partial charge is 0.353 e. The number of rotatable bonds is 6. The highest BCUT2D eigenvalue weighted by atomic mass is 32.2. The molecule has 1 saturated heterocycles. The van der Waals surface area contributed by atoms with Crippen LogP contribution in [0.15, 0.2) is 12.1 Å². The predicted octanol–water partition coefficient (Wildman–Crippen LogP) is 0.770. The lowest BCUT2D eigenvalue weighted by Gasteiger charge is -2.34. The molecule has 0 atom stereocenters. The van der Waals surface area contributed by atoms with Crippen molar-refractivity contribution in [3.63, 3.8) is 0 Å². The van der Waals surface area contributed by atoms with Crippen molar-refractivity contribution >= 4 is 21.7 Å². The second-order valence-electron chi connectivity index (χ2n) is 5.12. The summed E-state index contributed by atoms with van der Waals surface area (Å²) >= 11 is 0. The molecule has 0 amide bonds. The summed E-state index contributed by atoms with van der Waals surface area (Å²) < 4.78 is 25.8. The summed E-state index contributed by atoms with van der Waals surface area (Å²) in [6.07, 6.45) is 0.572. The van der Waals surface area contributed by atoms with Gasteiger partial charge in [-0.25, -0.2) is 8.42 Å². The number of aromatic nitrogens is 2. The standard InChI is InChI=1S/C13H23N5O2S/c1-3-11-21(19,20)16-12-5-6-13(15-14-12)18-9-7-17(4-2)8-10-18/h5-6H,3-4,7-11H2,1-2H3,(H,14,16). The van der Waals surface area contributed by atoms with Gasteiger partial charge in [-0.05, 0) is 25.1 Å². The van der Waals surface area contributed by atoms with Crippen molar-refractivity contribution in [2.24, 2.45) is 0 Å². The van der Waals surface area contributed by atoms with E-state index in [0.717, 1.165) is 38.5 Å². The lowest BCUT2D eigenvalue weighted by molar-refractivity contribution is 0.270. The molecule has 0 saturated carbocycles. The second kappa shape index (κ2) is 7.04. The molecule has 0 aromatic carbocycles. The summed E-state index contributed by atoms with van der Waals surface area (Å²) in [5, 5.41) is 8.09. The molecular weight excluding hydrogens is 290 g/mol. The van der Waals surface area contributed by atoms with Crippen LogP contribution in [0.4, 0.5) is 11.6 Å². The molecule has 1 fully saturated rings. The van der Waals surface area contributed by atoms with Gasteiger partial charge in [-0.1, -0.05) is 13.8 Å². The van der Waals surface area contributed by atoms with Crippen LogP contribution < -0.4 is 9.62 Å². The number of nitrogens with zero attached hydrogens (tertiary/aromatic N) is 4. The smallest absolute Gasteiger partial charge is 0.233 e. The number of anilines is 2. The Labute approximate surface area is 126 Å². The molecular formula is C13H23N5O2S. The highest BCUT2D eigenvalue weighted by Gasteiger charge is 2.17. The van der Waals surface area contributed by atoms with Crippen LogP contribution in [0.5, 0.6) is 0 Å². The zero-order valence-corrected chi connectivity index (χ0v) is 13.4. The van der Waals surface area contributed by atoms with Gasteiger partial charge in [0.15, 0.2) is 11.6 Å². The molecule has 2 heterocycles. The van der Waals surface area contributed by atoms with Crippen LogP contribution in [0.1, 0.15) is 20.3 Å². The Morgan fingerprint density at radius 1 is 1.14 bits per heavy atom. The van der Waals surface area contributed by atoms with Crippen LogP contribution in [-0.4, -0.2) is 62.0 Å². The van der Waals surface area contributed by atoms with Gasteiger partial charge >= 0.3 is 0 Å². The molecule has 1 N–H and O–H groups in total. The Morgan fingerprint density at radius 2 is 1.86 bits per heavy atom. The third kappa shape index (κ3) is 4.53. The maximum atomic E-state index is 11.7.